The van der Waals surface area contributed by atoms with Gasteiger partial charge in [-0.1, -0.05) is 42.8 Å². The van der Waals surface area contributed by atoms with Crippen LogP contribution in [0.5, 0.6) is 0 Å². The number of benzene rings is 2. The van der Waals surface area contributed by atoms with Crippen molar-refractivity contribution in [3.63, 3.8) is 0 Å². The number of hydrogen-bond acceptors (Lipinski definition) is 1. The molecule has 2 rings (SSSR count). The average molecular weight is 296 g/mol. The van der Waals surface area contributed by atoms with Gasteiger partial charge in [0.25, 0.3) is 0 Å². The molecule has 0 fully saturated rings. The van der Waals surface area contributed by atoms with Crippen LogP contribution in [0.4, 0.5) is 8.78 Å². The summed E-state index contributed by atoms with van der Waals surface area (Å²) in [7, 11) is 0. The quantitative estimate of drug-likeness (QED) is 0.855. The molecule has 1 unspecified atom stereocenters. The van der Waals surface area contributed by atoms with E-state index in [1.54, 1.807) is 30.3 Å². The van der Waals surface area contributed by atoms with Crippen molar-refractivity contribution < 1.29 is 8.78 Å². The summed E-state index contributed by atoms with van der Waals surface area (Å²) < 4.78 is 27.7. The van der Waals surface area contributed by atoms with Crippen molar-refractivity contribution in [3.05, 3.63) is 70.2 Å². The van der Waals surface area contributed by atoms with Crippen molar-refractivity contribution in [2.45, 2.75) is 19.4 Å². The third-order valence-corrected chi connectivity index (χ3v) is 3.41. The van der Waals surface area contributed by atoms with E-state index in [-0.39, 0.29) is 17.7 Å². The molecule has 2 aromatic rings. The van der Waals surface area contributed by atoms with Crippen molar-refractivity contribution in [3.8, 4) is 0 Å². The molecule has 1 nitrogen and oxygen atoms in total. The van der Waals surface area contributed by atoms with E-state index in [4.69, 9.17) is 11.6 Å². The van der Waals surface area contributed by atoms with E-state index in [9.17, 15) is 8.78 Å². The fourth-order valence-corrected chi connectivity index (χ4v) is 2.37. The molecule has 0 aliphatic carbocycles. The van der Waals surface area contributed by atoms with Crippen LogP contribution in [0, 0.1) is 11.6 Å². The molecular weight excluding hydrogens is 280 g/mol. The summed E-state index contributed by atoms with van der Waals surface area (Å²) in [5.74, 6) is -0.649. The highest BCUT2D eigenvalue weighted by atomic mass is 35.5. The lowest BCUT2D eigenvalue weighted by molar-refractivity contribution is 0.498. The summed E-state index contributed by atoms with van der Waals surface area (Å²) in [5.41, 5.74) is 1.06. The summed E-state index contributed by atoms with van der Waals surface area (Å²) in [5, 5.41) is 3.54. The van der Waals surface area contributed by atoms with Crippen LogP contribution < -0.4 is 5.32 Å². The van der Waals surface area contributed by atoms with Gasteiger partial charge in [-0.15, -0.1) is 0 Å². The van der Waals surface area contributed by atoms with Crippen LogP contribution in [0.25, 0.3) is 0 Å². The standard InChI is InChI=1S/C16H16ClF2N/c1-2-20-16(9-11-5-3-4-6-14(11)18)13-8-7-12(17)10-15(13)19/h3-8,10,16,20H,2,9H2,1H3. The molecule has 0 aliphatic rings. The molecule has 0 saturated carbocycles. The van der Waals surface area contributed by atoms with E-state index in [0.29, 0.717) is 29.1 Å². The van der Waals surface area contributed by atoms with E-state index in [2.05, 4.69) is 5.32 Å². The Hall–Kier alpha value is -1.45. The number of likely N-dealkylation sites (N-methyl/N-ethyl adjacent to an activating group) is 1. The molecule has 0 bridgehead atoms. The summed E-state index contributed by atoms with van der Waals surface area (Å²) >= 11 is 5.76. The highest BCUT2D eigenvalue weighted by molar-refractivity contribution is 6.30. The second kappa shape index (κ2) is 6.82. The van der Waals surface area contributed by atoms with Crippen LogP contribution in [0.2, 0.25) is 5.02 Å². The molecule has 1 atom stereocenters. The van der Waals surface area contributed by atoms with Gasteiger partial charge >= 0.3 is 0 Å². The Morgan fingerprint density at radius 2 is 1.85 bits per heavy atom. The van der Waals surface area contributed by atoms with Crippen LogP contribution in [-0.4, -0.2) is 6.54 Å². The summed E-state index contributed by atoms with van der Waals surface area (Å²) in [6, 6.07) is 10.8. The zero-order valence-electron chi connectivity index (χ0n) is 11.2. The minimum absolute atomic E-state index is 0.273. The number of hydrogen-bond donors (Lipinski definition) is 1. The molecule has 1 N–H and O–H groups in total. The van der Waals surface area contributed by atoms with Crippen LogP contribution in [-0.2, 0) is 6.42 Å². The van der Waals surface area contributed by atoms with Gasteiger partial charge in [0, 0.05) is 16.6 Å². The molecule has 106 valence electrons. The number of nitrogens with one attached hydrogen (secondary N) is 1. The maximum absolute atomic E-state index is 14.0. The average Bonchev–Trinajstić information content (AvgIpc) is 2.41. The minimum Gasteiger partial charge on any atom is -0.310 e. The lowest BCUT2D eigenvalue weighted by Crippen LogP contribution is -2.24. The Balaban J connectivity index is 2.29. The fraction of sp³-hybridized carbons (Fsp3) is 0.250. The smallest absolute Gasteiger partial charge is 0.129 e. The monoisotopic (exact) mass is 295 g/mol. The van der Waals surface area contributed by atoms with Crippen molar-refractivity contribution in [1.82, 2.24) is 5.32 Å². The van der Waals surface area contributed by atoms with Crippen LogP contribution >= 0.6 is 11.6 Å². The zero-order valence-corrected chi connectivity index (χ0v) is 11.9. The van der Waals surface area contributed by atoms with Gasteiger partial charge in [0.15, 0.2) is 0 Å². The van der Waals surface area contributed by atoms with Crippen molar-refractivity contribution in [1.29, 1.82) is 0 Å². The van der Waals surface area contributed by atoms with Gasteiger partial charge in [0.05, 0.1) is 0 Å². The summed E-state index contributed by atoms with van der Waals surface area (Å²) in [6.45, 7) is 2.60. The first kappa shape index (κ1) is 14.9. The van der Waals surface area contributed by atoms with Gasteiger partial charge in [-0.2, -0.15) is 0 Å². The number of halogens is 3. The molecule has 0 aliphatic heterocycles. The van der Waals surface area contributed by atoms with Gasteiger partial charge in [0.2, 0.25) is 0 Å². The Kier molecular flexibility index (Phi) is 5.10. The van der Waals surface area contributed by atoms with E-state index in [1.807, 2.05) is 6.92 Å². The van der Waals surface area contributed by atoms with Crippen molar-refractivity contribution in [2.24, 2.45) is 0 Å². The fourth-order valence-electron chi connectivity index (χ4n) is 2.21. The molecule has 0 aromatic heterocycles. The SMILES string of the molecule is CCNC(Cc1ccccc1F)c1ccc(Cl)cc1F. The third kappa shape index (κ3) is 3.56. The topological polar surface area (TPSA) is 12.0 Å². The predicted molar refractivity (Wildman–Crippen MR) is 77.9 cm³/mol. The Morgan fingerprint density at radius 1 is 1.10 bits per heavy atom. The first-order valence-electron chi connectivity index (χ1n) is 6.53. The molecule has 0 spiro atoms. The van der Waals surface area contributed by atoms with Gasteiger partial charge in [-0.25, -0.2) is 8.78 Å². The van der Waals surface area contributed by atoms with Gasteiger partial charge < -0.3 is 5.32 Å². The predicted octanol–water partition coefficient (Wildman–Crippen LogP) is 4.51. The van der Waals surface area contributed by atoms with Gasteiger partial charge in [-0.3, -0.25) is 0 Å². The first-order valence-corrected chi connectivity index (χ1v) is 6.91. The Morgan fingerprint density at radius 3 is 2.50 bits per heavy atom. The summed E-state index contributed by atoms with van der Waals surface area (Å²) in [4.78, 5) is 0. The zero-order chi connectivity index (χ0) is 14.5. The maximum atomic E-state index is 14.0. The van der Waals surface area contributed by atoms with Crippen LogP contribution in [0.15, 0.2) is 42.5 Å². The summed E-state index contributed by atoms with van der Waals surface area (Å²) in [6.07, 6.45) is 0.388. The normalized spacial score (nSPS) is 12.4. The number of rotatable bonds is 5. The largest absolute Gasteiger partial charge is 0.310 e. The second-order valence-corrected chi connectivity index (χ2v) is 5.01. The highest BCUT2D eigenvalue weighted by Crippen LogP contribution is 2.24. The molecule has 2 aromatic carbocycles. The second-order valence-electron chi connectivity index (χ2n) is 4.57. The highest BCUT2D eigenvalue weighted by Gasteiger charge is 2.17. The van der Waals surface area contributed by atoms with Crippen molar-refractivity contribution >= 4 is 11.6 Å². The molecule has 4 heteroatoms. The van der Waals surface area contributed by atoms with E-state index in [1.165, 1.54) is 12.1 Å². The van der Waals surface area contributed by atoms with Crippen molar-refractivity contribution in [2.75, 3.05) is 6.54 Å². The molecule has 20 heavy (non-hydrogen) atoms. The van der Waals surface area contributed by atoms with Crippen LogP contribution in [0.1, 0.15) is 24.1 Å². The first-order chi connectivity index (χ1) is 9.61. The third-order valence-electron chi connectivity index (χ3n) is 3.17. The molecule has 0 saturated heterocycles. The van der Waals surface area contributed by atoms with Gasteiger partial charge in [0.1, 0.15) is 11.6 Å². The maximum Gasteiger partial charge on any atom is 0.129 e. The van der Waals surface area contributed by atoms with Gasteiger partial charge in [-0.05, 0) is 36.7 Å². The Bertz CT molecular complexity index is 586. The molecule has 0 heterocycles. The molecule has 0 amide bonds. The Labute approximate surface area is 122 Å². The lowest BCUT2D eigenvalue weighted by atomic mass is 9.98. The minimum atomic E-state index is -0.375. The lowest BCUT2D eigenvalue weighted by Gasteiger charge is -2.19. The van der Waals surface area contributed by atoms with E-state index in [0.717, 1.165) is 0 Å². The van der Waals surface area contributed by atoms with Crippen LogP contribution in [0.3, 0.4) is 0 Å². The molecule has 0 radical (unpaired) electrons. The molecular formula is C16H16ClF2N. The van der Waals surface area contributed by atoms with E-state index < -0.39 is 0 Å². The van der Waals surface area contributed by atoms with E-state index >= 15 is 0 Å².